The summed E-state index contributed by atoms with van der Waals surface area (Å²) in [5.74, 6) is 0.182. The number of aryl methyl sites for hydroxylation is 4. The normalized spacial score (nSPS) is 17.3. The van der Waals surface area contributed by atoms with Gasteiger partial charge in [0.05, 0.1) is 12.0 Å². The van der Waals surface area contributed by atoms with Crippen molar-refractivity contribution in [2.24, 2.45) is 0 Å². The molecular formula is C22H28N2O4S. The van der Waals surface area contributed by atoms with Crippen LogP contribution in [0.3, 0.4) is 0 Å². The average Bonchev–Trinajstić information content (AvgIpc) is 3.15. The molecule has 1 saturated heterocycles. The van der Waals surface area contributed by atoms with E-state index in [2.05, 4.69) is 5.32 Å². The van der Waals surface area contributed by atoms with Crippen LogP contribution in [0.2, 0.25) is 0 Å². The zero-order chi connectivity index (χ0) is 21.3. The Balaban J connectivity index is 1.91. The molecule has 2 aromatic rings. The van der Waals surface area contributed by atoms with Crippen molar-refractivity contribution in [2.45, 2.75) is 51.5 Å². The molecule has 1 heterocycles. The highest BCUT2D eigenvalue weighted by Crippen LogP contribution is 2.31. The number of hydrogen-bond donors (Lipinski definition) is 1. The van der Waals surface area contributed by atoms with Crippen LogP contribution >= 0.6 is 0 Å². The lowest BCUT2D eigenvalue weighted by atomic mass is 10.0. The molecule has 7 heteroatoms. The number of carbonyl (C=O) groups excluding carboxylic acids is 1. The maximum atomic E-state index is 13.4. The van der Waals surface area contributed by atoms with Gasteiger partial charge >= 0.3 is 0 Å². The molecule has 0 aromatic heterocycles. The van der Waals surface area contributed by atoms with Crippen molar-refractivity contribution in [3.63, 3.8) is 0 Å². The second-order valence-electron chi connectivity index (χ2n) is 7.67. The Morgan fingerprint density at radius 3 is 2.34 bits per heavy atom. The van der Waals surface area contributed by atoms with Gasteiger partial charge in [0.15, 0.2) is 0 Å². The van der Waals surface area contributed by atoms with Crippen LogP contribution in [0.15, 0.2) is 35.2 Å². The molecule has 0 spiro atoms. The van der Waals surface area contributed by atoms with Gasteiger partial charge < -0.3 is 10.1 Å². The standard InChI is InChI=1S/C22H28N2O4S/c1-14-11-16(3)21(17(4)12-14)23-22(25)19-7-6-10-24(19)29(26,27)20-13-18(28-5)9-8-15(20)2/h8-9,11-13,19H,6-7,10H2,1-5H3,(H,23,25)/t19-/m0/s1. The molecule has 6 nitrogen and oxygen atoms in total. The number of nitrogens with zero attached hydrogens (tertiary/aromatic N) is 1. The lowest BCUT2D eigenvalue weighted by Gasteiger charge is -2.25. The smallest absolute Gasteiger partial charge is 0.244 e. The molecule has 29 heavy (non-hydrogen) atoms. The summed E-state index contributed by atoms with van der Waals surface area (Å²) in [6.07, 6.45) is 1.14. The summed E-state index contributed by atoms with van der Waals surface area (Å²) in [4.78, 5) is 13.2. The van der Waals surface area contributed by atoms with Crippen molar-refractivity contribution in [3.05, 3.63) is 52.6 Å². The van der Waals surface area contributed by atoms with E-state index in [9.17, 15) is 13.2 Å². The molecule has 1 N–H and O–H groups in total. The van der Waals surface area contributed by atoms with Crippen LogP contribution in [-0.4, -0.2) is 38.3 Å². The maximum Gasteiger partial charge on any atom is 0.244 e. The fraction of sp³-hybridized carbons (Fsp3) is 0.409. The highest BCUT2D eigenvalue weighted by Gasteiger charge is 2.40. The quantitative estimate of drug-likeness (QED) is 0.806. The van der Waals surface area contributed by atoms with Gasteiger partial charge in [0.1, 0.15) is 11.8 Å². The number of rotatable bonds is 5. The molecule has 1 fully saturated rings. The van der Waals surface area contributed by atoms with Crippen molar-refractivity contribution < 1.29 is 17.9 Å². The van der Waals surface area contributed by atoms with E-state index in [0.29, 0.717) is 30.7 Å². The Bertz CT molecular complexity index is 1020. The number of hydrogen-bond acceptors (Lipinski definition) is 4. The lowest BCUT2D eigenvalue weighted by molar-refractivity contribution is -0.119. The van der Waals surface area contributed by atoms with Gasteiger partial charge in [-0.25, -0.2) is 8.42 Å². The van der Waals surface area contributed by atoms with E-state index in [4.69, 9.17) is 4.74 Å². The maximum absolute atomic E-state index is 13.4. The fourth-order valence-corrected chi connectivity index (χ4v) is 5.88. The molecule has 0 aliphatic carbocycles. The largest absolute Gasteiger partial charge is 0.497 e. The molecular weight excluding hydrogens is 388 g/mol. The second-order valence-corrected chi connectivity index (χ2v) is 9.53. The predicted molar refractivity (Wildman–Crippen MR) is 114 cm³/mol. The van der Waals surface area contributed by atoms with Gasteiger partial charge in [-0.15, -0.1) is 0 Å². The lowest BCUT2D eigenvalue weighted by Crippen LogP contribution is -2.43. The van der Waals surface area contributed by atoms with Crippen molar-refractivity contribution >= 4 is 21.6 Å². The third kappa shape index (κ3) is 4.16. The summed E-state index contributed by atoms with van der Waals surface area (Å²) in [6, 6.07) is 8.25. The topological polar surface area (TPSA) is 75.7 Å². The molecule has 0 saturated carbocycles. The second kappa shape index (κ2) is 8.16. The predicted octanol–water partition coefficient (Wildman–Crippen LogP) is 3.72. The van der Waals surface area contributed by atoms with Gasteiger partial charge in [0.25, 0.3) is 0 Å². The van der Waals surface area contributed by atoms with E-state index in [1.54, 1.807) is 19.1 Å². The Morgan fingerprint density at radius 2 is 1.72 bits per heavy atom. The summed E-state index contributed by atoms with van der Waals surface area (Å²) < 4.78 is 33.2. The van der Waals surface area contributed by atoms with Gasteiger partial charge in [-0.05, 0) is 63.3 Å². The molecule has 3 rings (SSSR count). The van der Waals surface area contributed by atoms with E-state index in [1.807, 2.05) is 32.9 Å². The highest BCUT2D eigenvalue weighted by atomic mass is 32.2. The van der Waals surface area contributed by atoms with Gasteiger partial charge in [0, 0.05) is 18.3 Å². The summed E-state index contributed by atoms with van der Waals surface area (Å²) in [5.41, 5.74) is 4.43. The number of sulfonamides is 1. The molecule has 0 unspecified atom stereocenters. The van der Waals surface area contributed by atoms with Gasteiger partial charge in [0.2, 0.25) is 15.9 Å². The molecule has 1 aliphatic heterocycles. The zero-order valence-corrected chi connectivity index (χ0v) is 18.4. The number of methoxy groups -OCH3 is 1. The first-order valence-corrected chi connectivity index (χ1v) is 11.1. The minimum atomic E-state index is -3.82. The van der Waals surface area contributed by atoms with E-state index >= 15 is 0 Å². The Labute approximate surface area is 172 Å². The molecule has 1 atom stereocenters. The number of amides is 1. The monoisotopic (exact) mass is 416 g/mol. The number of ether oxygens (including phenoxy) is 1. The van der Waals surface area contributed by atoms with Crippen molar-refractivity contribution in [1.82, 2.24) is 4.31 Å². The SMILES string of the molecule is COc1ccc(C)c(S(=O)(=O)N2CCC[C@H]2C(=O)Nc2c(C)cc(C)cc2C)c1. The van der Waals surface area contributed by atoms with Crippen LogP contribution in [-0.2, 0) is 14.8 Å². The minimum absolute atomic E-state index is 0.180. The van der Waals surface area contributed by atoms with E-state index in [-0.39, 0.29) is 10.8 Å². The Hall–Kier alpha value is -2.38. The van der Waals surface area contributed by atoms with E-state index < -0.39 is 16.1 Å². The minimum Gasteiger partial charge on any atom is -0.497 e. The molecule has 1 aliphatic rings. The number of carbonyl (C=O) groups is 1. The van der Waals surface area contributed by atoms with Crippen molar-refractivity contribution in [1.29, 1.82) is 0 Å². The molecule has 0 radical (unpaired) electrons. The van der Waals surface area contributed by atoms with Crippen molar-refractivity contribution in [3.8, 4) is 5.75 Å². The number of benzene rings is 2. The first kappa shape index (κ1) is 21.3. The van der Waals surface area contributed by atoms with Crippen LogP contribution < -0.4 is 10.1 Å². The molecule has 0 bridgehead atoms. The van der Waals surface area contributed by atoms with Crippen LogP contribution in [0.5, 0.6) is 5.75 Å². The third-order valence-corrected chi connectivity index (χ3v) is 7.46. The van der Waals surface area contributed by atoms with Gasteiger partial charge in [-0.3, -0.25) is 4.79 Å². The summed E-state index contributed by atoms with van der Waals surface area (Å²) in [6.45, 7) is 7.96. The Morgan fingerprint density at radius 1 is 1.07 bits per heavy atom. The summed E-state index contributed by atoms with van der Waals surface area (Å²) in [7, 11) is -2.32. The molecule has 1 amide bonds. The van der Waals surface area contributed by atoms with Crippen LogP contribution in [0.1, 0.15) is 35.1 Å². The highest BCUT2D eigenvalue weighted by molar-refractivity contribution is 7.89. The first-order chi connectivity index (χ1) is 13.6. The van der Waals surface area contributed by atoms with Crippen molar-refractivity contribution in [2.75, 3.05) is 19.0 Å². The van der Waals surface area contributed by atoms with Crippen LogP contribution in [0.4, 0.5) is 5.69 Å². The molecule has 2 aromatic carbocycles. The number of anilines is 1. The zero-order valence-electron chi connectivity index (χ0n) is 17.6. The van der Waals surface area contributed by atoms with Crippen LogP contribution in [0, 0.1) is 27.7 Å². The molecule has 156 valence electrons. The van der Waals surface area contributed by atoms with Crippen LogP contribution in [0.25, 0.3) is 0 Å². The summed E-state index contributed by atoms with van der Waals surface area (Å²) >= 11 is 0. The van der Waals surface area contributed by atoms with E-state index in [1.165, 1.54) is 17.5 Å². The summed E-state index contributed by atoms with van der Waals surface area (Å²) in [5, 5.41) is 2.97. The Kier molecular flexibility index (Phi) is 6.00. The van der Waals surface area contributed by atoms with E-state index in [0.717, 1.165) is 22.4 Å². The first-order valence-electron chi connectivity index (χ1n) is 9.70. The number of nitrogens with one attached hydrogen (secondary N) is 1. The van der Waals surface area contributed by atoms with Gasteiger partial charge in [-0.1, -0.05) is 23.8 Å². The van der Waals surface area contributed by atoms with Gasteiger partial charge in [-0.2, -0.15) is 4.31 Å². The average molecular weight is 417 g/mol. The third-order valence-electron chi connectivity index (χ3n) is 5.41. The fourth-order valence-electron chi connectivity index (χ4n) is 3.99.